The minimum Gasteiger partial charge on any atom is -0.333 e. The Kier molecular flexibility index (Phi) is 3.28. The van der Waals surface area contributed by atoms with Crippen LogP contribution in [-0.4, -0.2) is 27.9 Å². The van der Waals surface area contributed by atoms with Crippen LogP contribution in [0.2, 0.25) is 0 Å². The van der Waals surface area contributed by atoms with Crippen molar-refractivity contribution in [1.82, 2.24) is 9.88 Å². The molecule has 1 amide bonds. The zero-order valence-corrected chi connectivity index (χ0v) is 11.2. The summed E-state index contributed by atoms with van der Waals surface area (Å²) in [5, 5.41) is 0. The Morgan fingerprint density at radius 1 is 1.44 bits per heavy atom. The van der Waals surface area contributed by atoms with Crippen LogP contribution in [0.5, 0.6) is 0 Å². The number of likely N-dealkylation sites (tertiary alicyclic amines) is 1. The SMILES string of the molecule is CCCc1cc(C(=O)N2CCC2(C)C)cc(=O)[nH]1. The second kappa shape index (κ2) is 4.59. The van der Waals surface area contributed by atoms with E-state index >= 15 is 0 Å². The third-order valence-corrected chi connectivity index (χ3v) is 3.59. The molecular formula is C14H20N2O2. The van der Waals surface area contributed by atoms with Crippen molar-refractivity contribution in [2.75, 3.05) is 6.54 Å². The van der Waals surface area contributed by atoms with Gasteiger partial charge in [0.15, 0.2) is 0 Å². The molecule has 0 atom stereocenters. The molecule has 0 bridgehead atoms. The Bertz CT molecular complexity index is 517. The summed E-state index contributed by atoms with van der Waals surface area (Å²) >= 11 is 0. The van der Waals surface area contributed by atoms with Gasteiger partial charge in [-0.05, 0) is 32.8 Å². The molecule has 1 fully saturated rings. The smallest absolute Gasteiger partial charge is 0.254 e. The van der Waals surface area contributed by atoms with Crippen molar-refractivity contribution in [3.63, 3.8) is 0 Å². The van der Waals surface area contributed by atoms with Gasteiger partial charge in [-0.25, -0.2) is 0 Å². The maximum absolute atomic E-state index is 12.3. The molecule has 1 saturated heterocycles. The van der Waals surface area contributed by atoms with Crippen molar-refractivity contribution in [2.45, 2.75) is 45.6 Å². The average molecular weight is 248 g/mol. The van der Waals surface area contributed by atoms with Crippen LogP contribution in [0.15, 0.2) is 16.9 Å². The zero-order chi connectivity index (χ0) is 13.3. The van der Waals surface area contributed by atoms with Gasteiger partial charge < -0.3 is 9.88 Å². The molecule has 4 heteroatoms. The monoisotopic (exact) mass is 248 g/mol. The summed E-state index contributed by atoms with van der Waals surface area (Å²) in [6.45, 7) is 6.93. The van der Waals surface area contributed by atoms with E-state index in [1.165, 1.54) is 6.07 Å². The number of hydrogen-bond donors (Lipinski definition) is 1. The number of nitrogens with one attached hydrogen (secondary N) is 1. The second-order valence-corrected chi connectivity index (χ2v) is 5.53. The molecule has 0 aromatic carbocycles. The van der Waals surface area contributed by atoms with Gasteiger partial charge in [-0.3, -0.25) is 9.59 Å². The highest BCUT2D eigenvalue weighted by Gasteiger charge is 2.39. The first-order chi connectivity index (χ1) is 8.44. The van der Waals surface area contributed by atoms with Gasteiger partial charge in [-0.1, -0.05) is 13.3 Å². The molecule has 0 saturated carbocycles. The molecule has 98 valence electrons. The number of carbonyl (C=O) groups excluding carboxylic acids is 1. The second-order valence-electron chi connectivity index (χ2n) is 5.53. The third kappa shape index (κ3) is 2.33. The molecule has 0 radical (unpaired) electrons. The molecule has 1 aliphatic heterocycles. The van der Waals surface area contributed by atoms with Gasteiger partial charge in [0.05, 0.1) is 0 Å². The number of carbonyl (C=O) groups is 1. The molecule has 2 rings (SSSR count). The fourth-order valence-electron chi connectivity index (χ4n) is 2.33. The van der Waals surface area contributed by atoms with Gasteiger partial charge in [0.1, 0.15) is 0 Å². The van der Waals surface area contributed by atoms with Gasteiger partial charge >= 0.3 is 0 Å². The fraction of sp³-hybridized carbons (Fsp3) is 0.571. The van der Waals surface area contributed by atoms with Gasteiger partial charge in [0, 0.05) is 29.4 Å². The number of aromatic nitrogens is 1. The first-order valence-corrected chi connectivity index (χ1v) is 6.49. The molecule has 1 aliphatic rings. The van der Waals surface area contributed by atoms with Gasteiger partial charge in [-0.15, -0.1) is 0 Å². The number of pyridine rings is 1. The standard InChI is InChI=1S/C14H20N2O2/c1-4-5-11-8-10(9-12(17)15-11)13(18)16-7-6-14(16,2)3/h8-9H,4-7H2,1-3H3,(H,15,17). The summed E-state index contributed by atoms with van der Waals surface area (Å²) in [6.07, 6.45) is 2.76. The third-order valence-electron chi connectivity index (χ3n) is 3.59. The lowest BCUT2D eigenvalue weighted by Crippen LogP contribution is -2.58. The number of aromatic amines is 1. The summed E-state index contributed by atoms with van der Waals surface area (Å²) < 4.78 is 0. The first-order valence-electron chi connectivity index (χ1n) is 6.49. The van der Waals surface area contributed by atoms with Crippen LogP contribution in [0.4, 0.5) is 0 Å². The quantitative estimate of drug-likeness (QED) is 0.889. The highest BCUT2D eigenvalue weighted by atomic mass is 16.2. The minimum absolute atomic E-state index is 0.0327. The van der Waals surface area contributed by atoms with E-state index in [1.807, 2.05) is 17.9 Å². The van der Waals surface area contributed by atoms with Crippen LogP contribution >= 0.6 is 0 Å². The predicted molar refractivity (Wildman–Crippen MR) is 70.8 cm³/mol. The Labute approximate surface area is 107 Å². The van der Waals surface area contributed by atoms with E-state index in [-0.39, 0.29) is 17.0 Å². The van der Waals surface area contributed by atoms with E-state index in [4.69, 9.17) is 0 Å². The molecule has 1 N–H and O–H groups in total. The average Bonchev–Trinajstić information content (AvgIpc) is 2.27. The van der Waals surface area contributed by atoms with Crippen molar-refractivity contribution in [3.8, 4) is 0 Å². The van der Waals surface area contributed by atoms with Crippen molar-refractivity contribution in [1.29, 1.82) is 0 Å². The number of aryl methyl sites for hydroxylation is 1. The van der Waals surface area contributed by atoms with Crippen LogP contribution in [0.3, 0.4) is 0 Å². The maximum Gasteiger partial charge on any atom is 0.254 e. The molecular weight excluding hydrogens is 228 g/mol. The molecule has 0 spiro atoms. The number of amides is 1. The van der Waals surface area contributed by atoms with E-state index in [0.717, 1.165) is 31.5 Å². The highest BCUT2D eigenvalue weighted by Crippen LogP contribution is 2.30. The van der Waals surface area contributed by atoms with E-state index in [9.17, 15) is 9.59 Å². The zero-order valence-electron chi connectivity index (χ0n) is 11.2. The number of hydrogen-bond acceptors (Lipinski definition) is 2. The molecule has 18 heavy (non-hydrogen) atoms. The molecule has 1 aromatic heterocycles. The lowest BCUT2D eigenvalue weighted by molar-refractivity contribution is 0.0157. The van der Waals surface area contributed by atoms with Crippen molar-refractivity contribution < 1.29 is 4.79 Å². The summed E-state index contributed by atoms with van der Waals surface area (Å²) in [4.78, 5) is 28.5. The van der Waals surface area contributed by atoms with Crippen LogP contribution < -0.4 is 5.56 Å². The summed E-state index contributed by atoms with van der Waals surface area (Å²) in [5.41, 5.74) is 1.08. The van der Waals surface area contributed by atoms with Crippen molar-refractivity contribution >= 4 is 5.91 Å². The Balaban J connectivity index is 2.28. The van der Waals surface area contributed by atoms with E-state index in [2.05, 4.69) is 18.8 Å². The number of rotatable bonds is 3. The van der Waals surface area contributed by atoms with Crippen LogP contribution in [-0.2, 0) is 6.42 Å². The summed E-state index contributed by atoms with van der Waals surface area (Å²) in [5.74, 6) is -0.0327. The molecule has 0 aliphatic carbocycles. The normalized spacial score (nSPS) is 17.4. The van der Waals surface area contributed by atoms with Crippen molar-refractivity contribution in [2.24, 2.45) is 0 Å². The molecule has 4 nitrogen and oxygen atoms in total. The number of H-pyrrole nitrogens is 1. The number of nitrogens with zero attached hydrogens (tertiary/aromatic N) is 1. The van der Waals surface area contributed by atoms with Crippen LogP contribution in [0.1, 0.15) is 49.7 Å². The predicted octanol–water partition coefficient (Wildman–Crippen LogP) is 1.95. The van der Waals surface area contributed by atoms with Gasteiger partial charge in [0.2, 0.25) is 5.56 Å². The lowest BCUT2D eigenvalue weighted by Gasteiger charge is -2.48. The largest absolute Gasteiger partial charge is 0.333 e. The van der Waals surface area contributed by atoms with Crippen LogP contribution in [0.25, 0.3) is 0 Å². The van der Waals surface area contributed by atoms with Gasteiger partial charge in [0.25, 0.3) is 5.91 Å². The fourth-order valence-corrected chi connectivity index (χ4v) is 2.33. The molecule has 1 aromatic rings. The summed E-state index contributed by atoms with van der Waals surface area (Å²) in [6, 6.07) is 3.21. The first kappa shape index (κ1) is 12.9. The molecule has 2 heterocycles. The molecule has 0 unspecified atom stereocenters. The van der Waals surface area contributed by atoms with Gasteiger partial charge in [-0.2, -0.15) is 0 Å². The summed E-state index contributed by atoms with van der Waals surface area (Å²) in [7, 11) is 0. The highest BCUT2D eigenvalue weighted by molar-refractivity contribution is 5.95. The van der Waals surface area contributed by atoms with E-state index in [1.54, 1.807) is 0 Å². The Morgan fingerprint density at radius 2 is 2.17 bits per heavy atom. The van der Waals surface area contributed by atoms with E-state index in [0.29, 0.717) is 5.56 Å². The lowest BCUT2D eigenvalue weighted by atomic mass is 9.88. The minimum atomic E-state index is -0.192. The topological polar surface area (TPSA) is 53.2 Å². The Morgan fingerprint density at radius 3 is 2.67 bits per heavy atom. The van der Waals surface area contributed by atoms with Crippen molar-refractivity contribution in [3.05, 3.63) is 33.7 Å². The Hall–Kier alpha value is -1.58. The maximum atomic E-state index is 12.3. The van der Waals surface area contributed by atoms with Crippen LogP contribution in [0, 0.1) is 0 Å². The van der Waals surface area contributed by atoms with E-state index < -0.39 is 0 Å².